The van der Waals surface area contributed by atoms with Gasteiger partial charge in [-0.3, -0.25) is 14.4 Å². The van der Waals surface area contributed by atoms with Crippen molar-refractivity contribution in [2.75, 3.05) is 13.2 Å². The highest BCUT2D eigenvalue weighted by atomic mass is 16.6. The third-order valence-electron chi connectivity index (χ3n) is 15.1. The zero-order valence-corrected chi connectivity index (χ0v) is 53.5. The predicted molar refractivity (Wildman–Crippen MR) is 353 cm³/mol. The van der Waals surface area contributed by atoms with Crippen LogP contribution in [0.25, 0.3) is 0 Å². The largest absolute Gasteiger partial charge is 0.462 e. The standard InChI is InChI=1S/C75H130O6/c1-4-7-10-13-16-19-22-25-27-29-30-31-32-33-34-35-36-37-38-39-40-41-42-43-44-46-47-50-53-56-59-62-65-68-74(77)80-71-72(70-79-73(76)67-64-61-58-55-52-49-24-21-18-15-12-9-6-3)81-75(78)69-66-63-60-57-54-51-48-45-28-26-23-20-17-14-11-8-5-2/h7,10,12,15-16,19,21,24-25,27,30-31,33-34,36-37,72H,4-6,8-9,11,13-14,17-18,20,22-23,26,28-29,32,35,38-71H2,1-3H3/b10-7-,15-12-,19-16-,24-21-,27-25-,31-30-,34-33-,37-36-. The number of hydrogen-bond donors (Lipinski definition) is 0. The molecular formula is C75H130O6. The molecule has 0 N–H and O–H groups in total. The van der Waals surface area contributed by atoms with Crippen molar-refractivity contribution in [2.24, 2.45) is 0 Å². The Hall–Kier alpha value is -3.67. The maximum Gasteiger partial charge on any atom is 0.306 e. The Balaban J connectivity index is 4.19. The molecule has 0 amide bonds. The van der Waals surface area contributed by atoms with Crippen molar-refractivity contribution in [2.45, 2.75) is 348 Å². The van der Waals surface area contributed by atoms with Gasteiger partial charge in [0.05, 0.1) is 0 Å². The average Bonchev–Trinajstić information content (AvgIpc) is 3.46. The van der Waals surface area contributed by atoms with Gasteiger partial charge in [-0.1, -0.05) is 323 Å². The lowest BCUT2D eigenvalue weighted by Crippen LogP contribution is -2.30. The zero-order valence-electron chi connectivity index (χ0n) is 53.5. The number of carbonyl (C=O) groups excluding carboxylic acids is 3. The minimum atomic E-state index is -0.781. The summed E-state index contributed by atoms with van der Waals surface area (Å²) in [5, 5.41) is 0. The molecule has 466 valence electrons. The van der Waals surface area contributed by atoms with Gasteiger partial charge in [-0.15, -0.1) is 0 Å². The van der Waals surface area contributed by atoms with Crippen LogP contribution < -0.4 is 0 Å². The fraction of sp³-hybridized carbons (Fsp3) is 0.747. The summed E-state index contributed by atoms with van der Waals surface area (Å²) >= 11 is 0. The van der Waals surface area contributed by atoms with Crippen LogP contribution in [0.4, 0.5) is 0 Å². The first-order valence-corrected chi connectivity index (χ1v) is 34.7. The van der Waals surface area contributed by atoms with Gasteiger partial charge in [0, 0.05) is 19.3 Å². The number of rotatable bonds is 63. The molecule has 0 heterocycles. The minimum absolute atomic E-state index is 0.0779. The summed E-state index contributed by atoms with van der Waals surface area (Å²) in [6.45, 7) is 6.49. The van der Waals surface area contributed by atoms with Crippen molar-refractivity contribution in [1.29, 1.82) is 0 Å². The average molecular weight is 1130 g/mol. The quantitative estimate of drug-likeness (QED) is 0.0261. The summed E-state index contributed by atoms with van der Waals surface area (Å²) in [6, 6.07) is 0. The number of allylic oxidation sites excluding steroid dienone is 16. The highest BCUT2D eigenvalue weighted by Gasteiger charge is 2.19. The number of unbranched alkanes of at least 4 members (excludes halogenated alkanes) is 36. The Morgan fingerprint density at radius 2 is 0.506 bits per heavy atom. The topological polar surface area (TPSA) is 78.9 Å². The molecule has 6 heteroatoms. The molecule has 1 atom stereocenters. The van der Waals surface area contributed by atoms with Crippen LogP contribution in [-0.2, 0) is 28.6 Å². The van der Waals surface area contributed by atoms with E-state index < -0.39 is 6.10 Å². The molecule has 0 saturated heterocycles. The monoisotopic (exact) mass is 1130 g/mol. The predicted octanol–water partition coefficient (Wildman–Crippen LogP) is 24.0. The smallest absolute Gasteiger partial charge is 0.306 e. The number of ether oxygens (including phenoxy) is 3. The van der Waals surface area contributed by atoms with Gasteiger partial charge in [-0.05, 0) is 96.3 Å². The summed E-state index contributed by atoms with van der Waals surface area (Å²) in [5.74, 6) is -0.876. The van der Waals surface area contributed by atoms with Gasteiger partial charge in [-0.2, -0.15) is 0 Å². The molecule has 1 unspecified atom stereocenters. The SMILES string of the molecule is CC/C=C\C/C=C\C/C=C\C/C=C\C/C=C\C/C=C\CCCCCCCCCCCCCCCCC(=O)OCC(COC(=O)CCCCCCC/C=C\C/C=C\CCC)OC(=O)CCCCCCCCCCCCCCCCCCC. The minimum Gasteiger partial charge on any atom is -0.462 e. The van der Waals surface area contributed by atoms with Gasteiger partial charge in [-0.25, -0.2) is 0 Å². The first-order valence-electron chi connectivity index (χ1n) is 34.7. The Kier molecular flexibility index (Phi) is 65.7. The van der Waals surface area contributed by atoms with Crippen molar-refractivity contribution < 1.29 is 28.6 Å². The lowest BCUT2D eigenvalue weighted by Gasteiger charge is -2.18. The van der Waals surface area contributed by atoms with E-state index in [0.29, 0.717) is 19.3 Å². The fourth-order valence-corrected chi connectivity index (χ4v) is 9.90. The van der Waals surface area contributed by atoms with Crippen molar-refractivity contribution >= 4 is 17.9 Å². The fourth-order valence-electron chi connectivity index (χ4n) is 9.90. The Morgan fingerprint density at radius 3 is 0.802 bits per heavy atom. The summed E-state index contributed by atoms with van der Waals surface area (Å²) < 4.78 is 16.9. The van der Waals surface area contributed by atoms with Crippen molar-refractivity contribution in [1.82, 2.24) is 0 Å². The second kappa shape index (κ2) is 68.8. The number of carbonyl (C=O) groups is 3. The Labute approximate surface area is 502 Å². The lowest BCUT2D eigenvalue weighted by atomic mass is 10.0. The normalized spacial score (nSPS) is 12.7. The third-order valence-corrected chi connectivity index (χ3v) is 15.1. The van der Waals surface area contributed by atoms with Crippen LogP contribution in [0.1, 0.15) is 342 Å². The van der Waals surface area contributed by atoms with Crippen LogP contribution >= 0.6 is 0 Å². The van der Waals surface area contributed by atoms with E-state index >= 15 is 0 Å². The first kappa shape index (κ1) is 77.3. The van der Waals surface area contributed by atoms with E-state index in [1.165, 1.54) is 180 Å². The molecule has 0 aromatic carbocycles. The molecule has 0 aromatic rings. The van der Waals surface area contributed by atoms with Crippen molar-refractivity contribution in [3.63, 3.8) is 0 Å². The molecule has 0 radical (unpaired) electrons. The van der Waals surface area contributed by atoms with Gasteiger partial charge in [0.2, 0.25) is 0 Å². The van der Waals surface area contributed by atoms with Crippen LogP contribution in [0.2, 0.25) is 0 Å². The zero-order chi connectivity index (χ0) is 58.5. The molecule has 6 nitrogen and oxygen atoms in total. The van der Waals surface area contributed by atoms with E-state index in [-0.39, 0.29) is 31.1 Å². The van der Waals surface area contributed by atoms with Gasteiger partial charge in [0.25, 0.3) is 0 Å². The summed E-state index contributed by atoms with van der Waals surface area (Å²) in [5.41, 5.74) is 0. The van der Waals surface area contributed by atoms with Crippen LogP contribution in [0, 0.1) is 0 Å². The molecule has 0 aliphatic carbocycles. The third kappa shape index (κ3) is 67.0. The highest BCUT2D eigenvalue weighted by molar-refractivity contribution is 5.71. The molecular weight excluding hydrogens is 997 g/mol. The maximum atomic E-state index is 12.9. The van der Waals surface area contributed by atoms with E-state index in [1.807, 2.05) is 0 Å². The molecule has 0 bridgehead atoms. The molecule has 0 aliphatic heterocycles. The summed E-state index contributed by atoms with van der Waals surface area (Å²) in [4.78, 5) is 38.4. The molecule has 0 saturated carbocycles. The van der Waals surface area contributed by atoms with Crippen molar-refractivity contribution in [3.05, 3.63) is 97.2 Å². The summed E-state index contributed by atoms with van der Waals surface area (Å²) in [7, 11) is 0. The van der Waals surface area contributed by atoms with Crippen molar-refractivity contribution in [3.8, 4) is 0 Å². The second-order valence-corrected chi connectivity index (χ2v) is 23.1. The second-order valence-electron chi connectivity index (χ2n) is 23.1. The molecule has 0 aromatic heterocycles. The number of hydrogen-bond acceptors (Lipinski definition) is 6. The lowest BCUT2D eigenvalue weighted by molar-refractivity contribution is -0.167. The van der Waals surface area contributed by atoms with E-state index in [0.717, 1.165) is 122 Å². The van der Waals surface area contributed by atoms with Gasteiger partial charge >= 0.3 is 17.9 Å². The van der Waals surface area contributed by atoms with E-state index in [1.54, 1.807) is 0 Å². The van der Waals surface area contributed by atoms with Gasteiger partial charge < -0.3 is 14.2 Å². The van der Waals surface area contributed by atoms with E-state index in [2.05, 4.69) is 118 Å². The van der Waals surface area contributed by atoms with Crippen LogP contribution in [0.3, 0.4) is 0 Å². The van der Waals surface area contributed by atoms with E-state index in [4.69, 9.17) is 14.2 Å². The summed E-state index contributed by atoms with van der Waals surface area (Å²) in [6.07, 6.45) is 92.9. The Morgan fingerprint density at radius 1 is 0.259 bits per heavy atom. The van der Waals surface area contributed by atoms with Crippen LogP contribution in [-0.4, -0.2) is 37.2 Å². The van der Waals surface area contributed by atoms with E-state index in [9.17, 15) is 14.4 Å². The number of esters is 3. The van der Waals surface area contributed by atoms with Gasteiger partial charge in [0.1, 0.15) is 13.2 Å². The van der Waals surface area contributed by atoms with Gasteiger partial charge in [0.15, 0.2) is 6.10 Å². The van der Waals surface area contributed by atoms with Crippen LogP contribution in [0.5, 0.6) is 0 Å². The molecule has 0 aliphatic rings. The maximum absolute atomic E-state index is 12.9. The Bertz CT molecular complexity index is 1580. The van der Waals surface area contributed by atoms with Crippen LogP contribution in [0.15, 0.2) is 97.2 Å². The molecule has 0 rings (SSSR count). The first-order chi connectivity index (χ1) is 40.0. The molecule has 0 spiro atoms. The highest BCUT2D eigenvalue weighted by Crippen LogP contribution is 2.17. The molecule has 0 fully saturated rings. The molecule has 81 heavy (non-hydrogen) atoms.